The fourth-order valence-electron chi connectivity index (χ4n) is 3.86. The Balaban J connectivity index is 1.44. The molecule has 0 bridgehead atoms. The van der Waals surface area contributed by atoms with E-state index in [4.69, 9.17) is 9.15 Å². The van der Waals surface area contributed by atoms with Crippen molar-refractivity contribution in [3.05, 3.63) is 112 Å². The van der Waals surface area contributed by atoms with Gasteiger partial charge in [-0.15, -0.1) is 0 Å². The minimum Gasteiger partial charge on any atom is -0.489 e. The van der Waals surface area contributed by atoms with Crippen LogP contribution in [0.1, 0.15) is 28.7 Å². The molecule has 7 heteroatoms. The molecule has 1 amide bonds. The van der Waals surface area contributed by atoms with Crippen LogP contribution < -0.4 is 15.6 Å². The lowest BCUT2D eigenvalue weighted by atomic mass is 10.1. The molecular weight excluding hydrogens is 442 g/mol. The van der Waals surface area contributed by atoms with Crippen molar-refractivity contribution in [2.45, 2.75) is 20.0 Å². The van der Waals surface area contributed by atoms with E-state index in [1.807, 2.05) is 67.6 Å². The Kier molecular flexibility index (Phi) is 6.13. The molecule has 0 fully saturated rings. The third-order valence-electron chi connectivity index (χ3n) is 5.58. The van der Waals surface area contributed by atoms with E-state index in [0.29, 0.717) is 46.1 Å². The fraction of sp³-hybridized carbons (Fsp3) is 0.107. The minimum atomic E-state index is -0.395. The lowest BCUT2D eigenvalue weighted by molar-refractivity contribution is 0.0995. The van der Waals surface area contributed by atoms with Gasteiger partial charge in [-0.2, -0.15) is 0 Å². The van der Waals surface area contributed by atoms with Gasteiger partial charge in [0.2, 0.25) is 0 Å². The number of nitrogens with one attached hydrogen (secondary N) is 2. The monoisotopic (exact) mass is 465 g/mol. The molecule has 2 N–H and O–H groups in total. The Morgan fingerprint density at radius 3 is 2.63 bits per heavy atom. The van der Waals surface area contributed by atoms with E-state index in [1.165, 1.54) is 6.07 Å². The van der Waals surface area contributed by atoms with Gasteiger partial charge in [-0.05, 0) is 36.8 Å². The molecule has 35 heavy (non-hydrogen) atoms. The minimum absolute atomic E-state index is 0.179. The highest BCUT2D eigenvalue weighted by Gasteiger charge is 2.21. The summed E-state index contributed by atoms with van der Waals surface area (Å²) in [5, 5.41) is 3.72. The van der Waals surface area contributed by atoms with Gasteiger partial charge in [0.1, 0.15) is 23.8 Å². The molecular formula is C28H23N3O4. The van der Waals surface area contributed by atoms with Crippen LogP contribution in [0.2, 0.25) is 0 Å². The number of carbonyl (C=O) groups excluding carboxylic acids is 1. The number of aromatic amines is 1. The number of fused-ring (bicyclic) bond motifs is 1. The maximum Gasteiger partial charge on any atom is 0.291 e. The summed E-state index contributed by atoms with van der Waals surface area (Å²) in [6, 6.07) is 25.5. The molecule has 0 saturated heterocycles. The highest BCUT2D eigenvalue weighted by atomic mass is 16.5. The Labute approximate surface area is 201 Å². The van der Waals surface area contributed by atoms with Crippen LogP contribution in [0.15, 0.2) is 94.1 Å². The van der Waals surface area contributed by atoms with Crippen LogP contribution in [-0.4, -0.2) is 15.9 Å². The summed E-state index contributed by atoms with van der Waals surface area (Å²) in [6.07, 6.45) is 0.646. The molecule has 0 spiro atoms. The zero-order valence-corrected chi connectivity index (χ0v) is 19.1. The van der Waals surface area contributed by atoms with Crippen molar-refractivity contribution in [2.75, 3.05) is 5.32 Å². The van der Waals surface area contributed by atoms with Crippen LogP contribution in [0.5, 0.6) is 5.75 Å². The predicted octanol–water partition coefficient (Wildman–Crippen LogP) is 5.58. The summed E-state index contributed by atoms with van der Waals surface area (Å²) >= 11 is 0. The van der Waals surface area contributed by atoms with Crippen molar-refractivity contribution in [3.8, 4) is 17.1 Å². The quantitative estimate of drug-likeness (QED) is 0.327. The number of H-pyrrole nitrogens is 1. The molecule has 2 heterocycles. The second kappa shape index (κ2) is 9.69. The number of rotatable bonds is 7. The number of benzene rings is 3. The van der Waals surface area contributed by atoms with Crippen LogP contribution in [0.4, 0.5) is 5.69 Å². The number of para-hydroxylation sites is 2. The first kappa shape index (κ1) is 22.2. The van der Waals surface area contributed by atoms with Gasteiger partial charge in [0, 0.05) is 34.0 Å². The molecule has 5 aromatic rings. The highest BCUT2D eigenvalue weighted by molar-refractivity contribution is 6.06. The van der Waals surface area contributed by atoms with Crippen LogP contribution >= 0.6 is 0 Å². The number of carbonyl (C=O) groups is 1. The van der Waals surface area contributed by atoms with Gasteiger partial charge < -0.3 is 19.5 Å². The molecule has 0 unspecified atom stereocenters. The average Bonchev–Trinajstić information content (AvgIpc) is 3.26. The largest absolute Gasteiger partial charge is 0.489 e. The fourth-order valence-corrected chi connectivity index (χ4v) is 3.86. The number of aromatic nitrogens is 2. The second-order valence-corrected chi connectivity index (χ2v) is 7.98. The summed E-state index contributed by atoms with van der Waals surface area (Å²) in [5.74, 6) is 0.944. The van der Waals surface area contributed by atoms with E-state index in [9.17, 15) is 9.59 Å². The molecule has 2 aromatic heterocycles. The van der Waals surface area contributed by atoms with E-state index >= 15 is 0 Å². The highest BCUT2D eigenvalue weighted by Crippen LogP contribution is 2.28. The lowest BCUT2D eigenvalue weighted by Crippen LogP contribution is -2.14. The van der Waals surface area contributed by atoms with Gasteiger partial charge in [0.05, 0.1) is 0 Å². The number of hydrogen-bond donors (Lipinski definition) is 2. The molecule has 0 aliphatic carbocycles. The van der Waals surface area contributed by atoms with E-state index in [-0.39, 0.29) is 17.9 Å². The average molecular weight is 466 g/mol. The SMILES string of the molecule is CCc1cc(=O)[nH]c(-c2cccc(NC(=O)c3oc4ccccc4c3COc3ccccc3)c2)n1. The van der Waals surface area contributed by atoms with Gasteiger partial charge >= 0.3 is 0 Å². The summed E-state index contributed by atoms with van der Waals surface area (Å²) < 4.78 is 11.9. The number of aryl methyl sites for hydroxylation is 1. The van der Waals surface area contributed by atoms with E-state index in [1.54, 1.807) is 18.2 Å². The van der Waals surface area contributed by atoms with Gasteiger partial charge in [-0.1, -0.05) is 55.5 Å². The first-order valence-corrected chi connectivity index (χ1v) is 11.3. The third-order valence-corrected chi connectivity index (χ3v) is 5.58. The van der Waals surface area contributed by atoms with Gasteiger partial charge in [-0.3, -0.25) is 9.59 Å². The number of hydrogen-bond acceptors (Lipinski definition) is 5. The topological polar surface area (TPSA) is 97.2 Å². The second-order valence-electron chi connectivity index (χ2n) is 7.98. The molecule has 174 valence electrons. The maximum absolute atomic E-state index is 13.3. The Morgan fingerprint density at radius 2 is 1.80 bits per heavy atom. The first-order chi connectivity index (χ1) is 17.1. The van der Waals surface area contributed by atoms with Crippen molar-refractivity contribution in [2.24, 2.45) is 0 Å². The molecule has 3 aromatic carbocycles. The molecule has 0 aliphatic rings. The van der Waals surface area contributed by atoms with Crippen molar-refractivity contribution in [1.82, 2.24) is 9.97 Å². The normalized spacial score (nSPS) is 10.9. The van der Waals surface area contributed by atoms with Crippen LogP contribution in [0.25, 0.3) is 22.4 Å². The summed E-state index contributed by atoms with van der Waals surface area (Å²) in [4.78, 5) is 32.5. The molecule has 5 rings (SSSR count). The molecule has 0 radical (unpaired) electrons. The summed E-state index contributed by atoms with van der Waals surface area (Å²) in [5.41, 5.74) is 2.99. The third kappa shape index (κ3) is 4.84. The number of nitrogens with zero attached hydrogens (tertiary/aromatic N) is 1. The van der Waals surface area contributed by atoms with E-state index < -0.39 is 5.91 Å². The standard InChI is InChI=1S/C28H23N3O4/c1-2-19-16-25(32)31-27(29-19)18-9-8-10-20(15-18)30-28(33)26-23(17-34-21-11-4-3-5-12-21)22-13-6-7-14-24(22)35-26/h3-16H,2,17H2,1H3,(H,30,33)(H,29,31,32). The zero-order chi connectivity index (χ0) is 24.2. The number of ether oxygens (including phenoxy) is 1. The Bertz CT molecular complexity index is 1550. The van der Waals surface area contributed by atoms with E-state index in [2.05, 4.69) is 15.3 Å². The molecule has 0 aliphatic heterocycles. The van der Waals surface area contributed by atoms with Crippen molar-refractivity contribution < 1.29 is 13.9 Å². The number of furan rings is 1. The molecule has 0 saturated carbocycles. The van der Waals surface area contributed by atoms with Crippen LogP contribution in [0.3, 0.4) is 0 Å². The van der Waals surface area contributed by atoms with Crippen LogP contribution in [-0.2, 0) is 13.0 Å². The first-order valence-electron chi connectivity index (χ1n) is 11.3. The van der Waals surface area contributed by atoms with Crippen LogP contribution in [0, 0.1) is 0 Å². The number of amides is 1. The smallest absolute Gasteiger partial charge is 0.291 e. The maximum atomic E-state index is 13.3. The van der Waals surface area contributed by atoms with Gasteiger partial charge in [0.15, 0.2) is 5.76 Å². The molecule has 0 atom stereocenters. The summed E-state index contributed by atoms with van der Waals surface area (Å²) in [6.45, 7) is 2.12. The predicted molar refractivity (Wildman–Crippen MR) is 135 cm³/mol. The van der Waals surface area contributed by atoms with Crippen molar-refractivity contribution in [3.63, 3.8) is 0 Å². The van der Waals surface area contributed by atoms with Crippen molar-refractivity contribution >= 4 is 22.6 Å². The van der Waals surface area contributed by atoms with Crippen molar-refractivity contribution in [1.29, 1.82) is 0 Å². The Hall–Kier alpha value is -4.65. The van der Waals surface area contributed by atoms with Gasteiger partial charge in [-0.25, -0.2) is 4.98 Å². The Morgan fingerprint density at radius 1 is 1.00 bits per heavy atom. The van der Waals surface area contributed by atoms with Gasteiger partial charge in [0.25, 0.3) is 11.5 Å². The zero-order valence-electron chi connectivity index (χ0n) is 19.1. The molecule has 7 nitrogen and oxygen atoms in total. The number of anilines is 1. The lowest BCUT2D eigenvalue weighted by Gasteiger charge is -2.09. The summed E-state index contributed by atoms with van der Waals surface area (Å²) in [7, 11) is 0. The van der Waals surface area contributed by atoms with E-state index in [0.717, 1.165) is 5.39 Å².